The number of nitrogens with two attached hydrogens (primary N) is 1. The summed E-state index contributed by atoms with van der Waals surface area (Å²) in [6, 6.07) is 12.2. The number of methoxy groups -OCH3 is 2. The SMILES string of the molecule is COC(=O)OC.N#Cc1ccccn1.NC(=O)c1ccccn1.O.O.O=C=O. The molecule has 2 aromatic rings. The quantitative estimate of drug-likeness (QED) is 0.600. The normalized spacial score (nSPS) is 6.89. The highest BCUT2D eigenvalue weighted by Gasteiger charge is 1.96. The Labute approximate surface area is 160 Å². The van der Waals surface area contributed by atoms with Gasteiger partial charge in [-0.2, -0.15) is 14.9 Å². The number of aromatic nitrogens is 2. The van der Waals surface area contributed by atoms with Crippen molar-refractivity contribution in [2.75, 3.05) is 14.2 Å². The molecular weight excluding hydrogens is 376 g/mol. The maximum atomic E-state index is 10.4. The number of rotatable bonds is 1. The maximum Gasteiger partial charge on any atom is 0.507 e. The molecule has 0 aromatic carbocycles. The lowest BCUT2D eigenvalue weighted by Crippen LogP contribution is -2.12. The van der Waals surface area contributed by atoms with Crippen molar-refractivity contribution in [2.45, 2.75) is 0 Å². The van der Waals surface area contributed by atoms with Crippen LogP contribution in [0.2, 0.25) is 0 Å². The molecule has 0 aliphatic carbocycles. The Hall–Kier alpha value is -4.17. The van der Waals surface area contributed by atoms with Gasteiger partial charge >= 0.3 is 12.3 Å². The van der Waals surface area contributed by atoms with Gasteiger partial charge in [0.05, 0.1) is 14.2 Å². The Balaban J connectivity index is -0.000000142. The summed E-state index contributed by atoms with van der Waals surface area (Å²) in [6.45, 7) is 0. The van der Waals surface area contributed by atoms with E-state index in [0.29, 0.717) is 11.4 Å². The number of carbonyl (C=O) groups is 2. The van der Waals surface area contributed by atoms with Gasteiger partial charge in [0.15, 0.2) is 0 Å². The van der Waals surface area contributed by atoms with Crippen molar-refractivity contribution in [1.82, 2.24) is 9.97 Å². The summed E-state index contributed by atoms with van der Waals surface area (Å²) in [7, 11) is 2.51. The topological polar surface area (TPSA) is 225 Å². The van der Waals surface area contributed by atoms with Crippen LogP contribution in [-0.2, 0) is 19.1 Å². The predicted molar refractivity (Wildman–Crippen MR) is 93.4 cm³/mol. The highest BCUT2D eigenvalue weighted by molar-refractivity contribution is 5.90. The molecule has 1 amide bonds. The number of pyridine rings is 2. The van der Waals surface area contributed by atoms with E-state index in [1.54, 1.807) is 42.6 Å². The van der Waals surface area contributed by atoms with Crippen molar-refractivity contribution in [2.24, 2.45) is 5.73 Å². The van der Waals surface area contributed by atoms with Crippen molar-refractivity contribution >= 4 is 18.2 Å². The molecule has 6 N–H and O–H groups in total. The van der Waals surface area contributed by atoms with Gasteiger partial charge in [-0.05, 0) is 24.3 Å². The number of hydrogen-bond donors (Lipinski definition) is 1. The van der Waals surface area contributed by atoms with Crippen molar-refractivity contribution in [3.05, 3.63) is 60.2 Å². The highest BCUT2D eigenvalue weighted by Crippen LogP contribution is 1.89. The third-order valence-corrected chi connectivity index (χ3v) is 2.03. The highest BCUT2D eigenvalue weighted by atomic mass is 16.7. The molecule has 0 fully saturated rings. The molecule has 0 saturated heterocycles. The zero-order valence-corrected chi connectivity index (χ0v) is 15.0. The largest absolute Gasteiger partial charge is 0.507 e. The monoisotopic (exact) mass is 396 g/mol. The van der Waals surface area contributed by atoms with Crippen LogP contribution in [0.25, 0.3) is 0 Å². The van der Waals surface area contributed by atoms with Crippen LogP contribution in [0, 0.1) is 11.3 Å². The number of nitriles is 1. The van der Waals surface area contributed by atoms with Gasteiger partial charge in [0, 0.05) is 12.4 Å². The van der Waals surface area contributed by atoms with Crippen molar-refractivity contribution < 1.29 is 39.6 Å². The van der Waals surface area contributed by atoms with E-state index in [2.05, 4.69) is 19.4 Å². The van der Waals surface area contributed by atoms with Gasteiger partial charge < -0.3 is 26.2 Å². The second-order valence-electron chi connectivity index (χ2n) is 3.65. The second kappa shape index (κ2) is 22.8. The van der Waals surface area contributed by atoms with Crippen LogP contribution in [-0.4, -0.2) is 53.4 Å². The molecule has 12 nitrogen and oxygen atoms in total. The summed E-state index contributed by atoms with van der Waals surface area (Å²) in [4.78, 5) is 43.8. The average Bonchev–Trinajstić information content (AvgIpc) is 2.70. The first kappa shape index (κ1) is 31.6. The average molecular weight is 396 g/mol. The minimum atomic E-state index is -0.657. The van der Waals surface area contributed by atoms with Gasteiger partial charge in [0.25, 0.3) is 5.91 Å². The Morgan fingerprint density at radius 1 is 0.964 bits per heavy atom. The van der Waals surface area contributed by atoms with Gasteiger partial charge in [-0.1, -0.05) is 12.1 Å². The van der Waals surface area contributed by atoms with Crippen molar-refractivity contribution in [3.63, 3.8) is 0 Å². The minimum absolute atomic E-state index is 0. The van der Waals surface area contributed by atoms with E-state index in [1.165, 1.54) is 20.4 Å². The number of ether oxygens (including phenoxy) is 2. The zero-order valence-electron chi connectivity index (χ0n) is 15.0. The number of primary amides is 1. The van der Waals surface area contributed by atoms with Crippen LogP contribution >= 0.6 is 0 Å². The Morgan fingerprint density at radius 2 is 1.43 bits per heavy atom. The number of nitrogens with zero attached hydrogens (tertiary/aromatic N) is 3. The van der Waals surface area contributed by atoms with E-state index in [9.17, 15) is 9.59 Å². The van der Waals surface area contributed by atoms with Crippen LogP contribution in [0.15, 0.2) is 48.8 Å². The van der Waals surface area contributed by atoms with Crippen LogP contribution in [0.1, 0.15) is 16.2 Å². The standard InChI is InChI=1S/C6H6N2O.C6H4N2.C3H6O3.CO2.2H2O/c7-6(9)5-3-1-2-4-8-5;7-5-6-3-1-2-4-8-6;1-5-3(4)6-2;2-1-3;;/h1-4H,(H2,7,9);1-4H;1-2H3;;2*1H2. The molecule has 0 bridgehead atoms. The zero-order chi connectivity index (χ0) is 20.2. The summed E-state index contributed by atoms with van der Waals surface area (Å²) in [5.41, 5.74) is 5.68. The summed E-state index contributed by atoms with van der Waals surface area (Å²) >= 11 is 0. The molecule has 2 heterocycles. The van der Waals surface area contributed by atoms with Gasteiger partial charge in [-0.25, -0.2) is 9.78 Å². The molecule has 0 unspecified atom stereocenters. The fourth-order valence-corrected chi connectivity index (χ4v) is 1.02. The Morgan fingerprint density at radius 3 is 1.61 bits per heavy atom. The Bertz CT molecular complexity index is 708. The fraction of sp³-hybridized carbons (Fsp3) is 0.125. The minimum Gasteiger partial charge on any atom is -0.438 e. The lowest BCUT2D eigenvalue weighted by molar-refractivity contribution is -0.191. The molecule has 0 spiro atoms. The molecule has 0 saturated carbocycles. The van der Waals surface area contributed by atoms with Gasteiger partial charge in [0.1, 0.15) is 17.5 Å². The summed E-state index contributed by atoms with van der Waals surface area (Å²) < 4.78 is 8.08. The first-order valence-corrected chi connectivity index (χ1v) is 6.59. The fourth-order valence-electron chi connectivity index (χ4n) is 1.02. The van der Waals surface area contributed by atoms with Gasteiger partial charge in [-0.15, -0.1) is 0 Å². The Kier molecular flexibility index (Phi) is 25.8. The molecule has 28 heavy (non-hydrogen) atoms. The van der Waals surface area contributed by atoms with Crippen molar-refractivity contribution in [1.29, 1.82) is 5.26 Å². The molecule has 12 heteroatoms. The summed E-state index contributed by atoms with van der Waals surface area (Å²) in [5.74, 6) is -0.490. The van der Waals surface area contributed by atoms with Crippen LogP contribution in [0.3, 0.4) is 0 Å². The van der Waals surface area contributed by atoms with E-state index < -0.39 is 12.1 Å². The van der Waals surface area contributed by atoms with Crippen LogP contribution in [0.4, 0.5) is 4.79 Å². The second-order valence-corrected chi connectivity index (χ2v) is 3.65. The third-order valence-electron chi connectivity index (χ3n) is 2.03. The molecule has 0 atom stereocenters. The van der Waals surface area contributed by atoms with E-state index in [4.69, 9.17) is 20.6 Å². The molecule has 152 valence electrons. The summed E-state index contributed by atoms with van der Waals surface area (Å²) in [6.07, 6.45) is 2.72. The van der Waals surface area contributed by atoms with Crippen LogP contribution < -0.4 is 5.73 Å². The van der Waals surface area contributed by atoms with E-state index in [1.807, 2.05) is 6.07 Å². The molecule has 2 aromatic heterocycles. The molecule has 0 aliphatic heterocycles. The van der Waals surface area contributed by atoms with E-state index >= 15 is 0 Å². The first-order valence-electron chi connectivity index (χ1n) is 6.59. The smallest absolute Gasteiger partial charge is 0.438 e. The number of hydrogen-bond acceptors (Lipinski definition) is 9. The van der Waals surface area contributed by atoms with E-state index in [-0.39, 0.29) is 17.1 Å². The number of carbonyl (C=O) groups excluding carboxylic acids is 4. The predicted octanol–water partition coefficient (Wildman–Crippen LogP) is -0.700. The molecule has 0 radical (unpaired) electrons. The molecule has 0 aliphatic rings. The first-order chi connectivity index (χ1) is 12.5. The lowest BCUT2D eigenvalue weighted by atomic mass is 10.3. The summed E-state index contributed by atoms with van der Waals surface area (Å²) in [5, 5.41) is 8.23. The number of amides is 1. The lowest BCUT2D eigenvalue weighted by Gasteiger charge is -1.89. The maximum absolute atomic E-state index is 10.4. The molecule has 2 rings (SSSR count). The molecular formula is C16H20N4O8. The van der Waals surface area contributed by atoms with E-state index in [0.717, 1.165) is 0 Å². The third kappa shape index (κ3) is 19.9. The van der Waals surface area contributed by atoms with Crippen molar-refractivity contribution in [3.8, 4) is 6.07 Å². The van der Waals surface area contributed by atoms with Gasteiger partial charge in [0.2, 0.25) is 0 Å². The van der Waals surface area contributed by atoms with Gasteiger partial charge in [-0.3, -0.25) is 9.78 Å². The van der Waals surface area contributed by atoms with Crippen LogP contribution in [0.5, 0.6) is 0 Å².